The van der Waals surface area contributed by atoms with Gasteiger partial charge in [-0.05, 0) is 18.1 Å². The van der Waals surface area contributed by atoms with Crippen molar-refractivity contribution in [2.24, 2.45) is 0 Å². The van der Waals surface area contributed by atoms with E-state index in [1.165, 1.54) is 5.57 Å². The van der Waals surface area contributed by atoms with Gasteiger partial charge < -0.3 is 5.32 Å². The van der Waals surface area contributed by atoms with Crippen LogP contribution in [-0.2, 0) is 0 Å². The predicted octanol–water partition coefficient (Wildman–Crippen LogP) is 2.21. The number of rotatable bonds is 2. The minimum atomic E-state index is 0.656. The Labute approximate surface area is 72.4 Å². The zero-order valence-corrected chi connectivity index (χ0v) is 7.41. The molecule has 0 atom stereocenters. The van der Waals surface area contributed by atoms with Crippen molar-refractivity contribution in [1.29, 1.82) is 0 Å². The number of hydrogen-bond acceptors (Lipinski definition) is 1. The highest BCUT2D eigenvalue weighted by molar-refractivity contribution is 6.31. The van der Waals surface area contributed by atoms with E-state index in [-0.39, 0.29) is 0 Å². The van der Waals surface area contributed by atoms with Gasteiger partial charge in [0.05, 0.1) is 0 Å². The topological polar surface area (TPSA) is 12.0 Å². The van der Waals surface area contributed by atoms with Crippen molar-refractivity contribution >= 4 is 11.6 Å². The molecule has 60 valence electrons. The summed E-state index contributed by atoms with van der Waals surface area (Å²) in [5.41, 5.74) is 2.40. The van der Waals surface area contributed by atoms with Crippen LogP contribution >= 0.6 is 11.6 Å². The lowest BCUT2D eigenvalue weighted by Crippen LogP contribution is -2.08. The maximum absolute atomic E-state index is 5.79. The van der Waals surface area contributed by atoms with Crippen LogP contribution in [0.2, 0.25) is 0 Å². The van der Waals surface area contributed by atoms with Gasteiger partial charge in [-0.1, -0.05) is 30.3 Å². The standard InChI is InChI=1S/C9H12ClN/c1-3-4-8-5-11-6-9(8)7(2)10/h3-4,11H,2,5-6H2,1H3/b4-3-. The van der Waals surface area contributed by atoms with E-state index in [1.807, 2.05) is 13.0 Å². The van der Waals surface area contributed by atoms with Crippen LogP contribution in [0.3, 0.4) is 0 Å². The molecule has 0 aliphatic carbocycles. The first-order valence-corrected chi connectivity index (χ1v) is 4.03. The third kappa shape index (κ3) is 1.95. The van der Waals surface area contributed by atoms with Gasteiger partial charge in [-0.25, -0.2) is 0 Å². The molecule has 0 saturated heterocycles. The fraction of sp³-hybridized carbons (Fsp3) is 0.333. The maximum atomic E-state index is 5.79. The molecule has 0 spiro atoms. The van der Waals surface area contributed by atoms with E-state index in [0.29, 0.717) is 5.03 Å². The molecule has 2 heteroatoms. The van der Waals surface area contributed by atoms with Crippen LogP contribution in [0.1, 0.15) is 6.92 Å². The zero-order valence-electron chi connectivity index (χ0n) is 6.65. The summed E-state index contributed by atoms with van der Waals surface area (Å²) >= 11 is 5.79. The molecule has 1 aliphatic rings. The maximum Gasteiger partial charge on any atom is 0.0382 e. The van der Waals surface area contributed by atoms with Gasteiger partial charge in [0, 0.05) is 18.1 Å². The van der Waals surface area contributed by atoms with Crippen LogP contribution in [0.25, 0.3) is 0 Å². The van der Waals surface area contributed by atoms with Crippen molar-refractivity contribution in [3.05, 3.63) is 34.9 Å². The summed E-state index contributed by atoms with van der Waals surface area (Å²) in [5.74, 6) is 0. The van der Waals surface area contributed by atoms with Gasteiger partial charge in [0.25, 0.3) is 0 Å². The summed E-state index contributed by atoms with van der Waals surface area (Å²) in [7, 11) is 0. The molecule has 0 aromatic rings. The van der Waals surface area contributed by atoms with Gasteiger partial charge in [-0.3, -0.25) is 0 Å². The van der Waals surface area contributed by atoms with Crippen molar-refractivity contribution in [3.63, 3.8) is 0 Å². The SMILES string of the molecule is C=C(Cl)C1=C(/C=C\C)CNC1. The normalized spacial score (nSPS) is 18.4. The van der Waals surface area contributed by atoms with E-state index in [4.69, 9.17) is 11.6 Å². The summed E-state index contributed by atoms with van der Waals surface area (Å²) in [6, 6.07) is 0. The third-order valence-electron chi connectivity index (χ3n) is 1.70. The Morgan fingerprint density at radius 2 is 2.36 bits per heavy atom. The Hall–Kier alpha value is -0.530. The fourth-order valence-corrected chi connectivity index (χ4v) is 1.36. The minimum absolute atomic E-state index is 0.656. The van der Waals surface area contributed by atoms with Crippen molar-refractivity contribution in [2.45, 2.75) is 6.92 Å². The summed E-state index contributed by atoms with van der Waals surface area (Å²) < 4.78 is 0. The smallest absolute Gasteiger partial charge is 0.0382 e. The second kappa shape index (κ2) is 3.74. The zero-order chi connectivity index (χ0) is 8.27. The quantitative estimate of drug-likeness (QED) is 0.669. The molecular weight excluding hydrogens is 158 g/mol. The van der Waals surface area contributed by atoms with Crippen LogP contribution in [0.4, 0.5) is 0 Å². The molecule has 0 saturated carbocycles. The number of halogens is 1. The highest BCUT2D eigenvalue weighted by atomic mass is 35.5. The average Bonchev–Trinajstić information content (AvgIpc) is 2.36. The number of hydrogen-bond donors (Lipinski definition) is 1. The fourth-order valence-electron chi connectivity index (χ4n) is 1.17. The van der Waals surface area contributed by atoms with E-state index < -0.39 is 0 Å². The molecular formula is C9H12ClN. The van der Waals surface area contributed by atoms with Gasteiger partial charge in [0.2, 0.25) is 0 Å². The molecule has 1 rings (SSSR count). The lowest BCUT2D eigenvalue weighted by atomic mass is 10.1. The molecule has 1 aliphatic heterocycles. The monoisotopic (exact) mass is 169 g/mol. The second-order valence-electron chi connectivity index (χ2n) is 2.51. The van der Waals surface area contributed by atoms with E-state index >= 15 is 0 Å². The predicted molar refractivity (Wildman–Crippen MR) is 49.7 cm³/mol. The van der Waals surface area contributed by atoms with Crippen LogP contribution in [-0.4, -0.2) is 13.1 Å². The van der Waals surface area contributed by atoms with Gasteiger partial charge in [0.15, 0.2) is 0 Å². The molecule has 1 nitrogen and oxygen atoms in total. The highest BCUT2D eigenvalue weighted by Gasteiger charge is 2.12. The van der Waals surface area contributed by atoms with Crippen molar-refractivity contribution < 1.29 is 0 Å². The molecule has 1 N–H and O–H groups in total. The van der Waals surface area contributed by atoms with E-state index in [1.54, 1.807) is 0 Å². The molecule has 0 fully saturated rings. The van der Waals surface area contributed by atoms with Crippen LogP contribution in [0, 0.1) is 0 Å². The lowest BCUT2D eigenvalue weighted by Gasteiger charge is -1.97. The Morgan fingerprint density at radius 1 is 1.64 bits per heavy atom. The van der Waals surface area contributed by atoms with Gasteiger partial charge in [-0.2, -0.15) is 0 Å². The Balaban J connectivity index is 2.86. The highest BCUT2D eigenvalue weighted by Crippen LogP contribution is 2.20. The van der Waals surface area contributed by atoms with Crippen LogP contribution < -0.4 is 5.32 Å². The van der Waals surface area contributed by atoms with Crippen molar-refractivity contribution in [1.82, 2.24) is 5.32 Å². The number of nitrogens with one attached hydrogen (secondary N) is 1. The van der Waals surface area contributed by atoms with E-state index in [2.05, 4.69) is 18.0 Å². The molecule has 0 amide bonds. The molecule has 0 aromatic heterocycles. The largest absolute Gasteiger partial charge is 0.309 e. The number of allylic oxidation sites excluding steroid dienone is 1. The summed E-state index contributed by atoms with van der Waals surface area (Å²) in [6.07, 6.45) is 4.09. The first-order valence-electron chi connectivity index (χ1n) is 3.66. The lowest BCUT2D eigenvalue weighted by molar-refractivity contribution is 0.873. The summed E-state index contributed by atoms with van der Waals surface area (Å²) in [6.45, 7) is 7.46. The first-order chi connectivity index (χ1) is 5.25. The van der Waals surface area contributed by atoms with E-state index in [0.717, 1.165) is 18.7 Å². The van der Waals surface area contributed by atoms with Crippen LogP contribution in [0.15, 0.2) is 34.9 Å². The summed E-state index contributed by atoms with van der Waals surface area (Å²) in [5, 5.41) is 3.87. The van der Waals surface area contributed by atoms with Gasteiger partial charge in [0.1, 0.15) is 0 Å². The summed E-state index contributed by atoms with van der Waals surface area (Å²) in [4.78, 5) is 0. The molecule has 0 unspecified atom stereocenters. The molecule has 1 heterocycles. The molecule has 0 radical (unpaired) electrons. The first kappa shape index (κ1) is 8.57. The Bertz CT molecular complexity index is 226. The van der Waals surface area contributed by atoms with E-state index in [9.17, 15) is 0 Å². The molecule has 11 heavy (non-hydrogen) atoms. The van der Waals surface area contributed by atoms with Crippen molar-refractivity contribution in [2.75, 3.05) is 13.1 Å². The molecule has 0 aromatic carbocycles. The second-order valence-corrected chi connectivity index (χ2v) is 2.97. The Morgan fingerprint density at radius 3 is 2.91 bits per heavy atom. The van der Waals surface area contributed by atoms with Gasteiger partial charge >= 0.3 is 0 Å². The van der Waals surface area contributed by atoms with Gasteiger partial charge in [-0.15, -0.1) is 0 Å². The average molecular weight is 170 g/mol. The minimum Gasteiger partial charge on any atom is -0.309 e. The van der Waals surface area contributed by atoms with Crippen molar-refractivity contribution in [3.8, 4) is 0 Å². The van der Waals surface area contributed by atoms with Crippen LogP contribution in [0.5, 0.6) is 0 Å². The molecule has 0 bridgehead atoms. The Kier molecular flexibility index (Phi) is 2.92. The third-order valence-corrected chi connectivity index (χ3v) is 1.93.